The van der Waals surface area contributed by atoms with E-state index in [1.165, 1.54) is 44.9 Å². The van der Waals surface area contributed by atoms with E-state index >= 15 is 0 Å². The molecule has 0 aromatic heterocycles. The molecular weight excluding hydrogens is 210 g/mol. The topological polar surface area (TPSA) is 20.3 Å². The highest BCUT2D eigenvalue weighted by Gasteiger charge is 2.35. The molecule has 0 amide bonds. The molecule has 0 N–H and O–H groups in total. The highest BCUT2D eigenvalue weighted by molar-refractivity contribution is 5.80. The van der Waals surface area contributed by atoms with E-state index in [9.17, 15) is 4.79 Å². The van der Waals surface area contributed by atoms with Crippen LogP contribution in [0.3, 0.4) is 0 Å². The number of likely N-dealkylation sites (tertiary alicyclic amines) is 1. The van der Waals surface area contributed by atoms with Crippen molar-refractivity contribution < 1.29 is 4.79 Å². The van der Waals surface area contributed by atoms with Gasteiger partial charge in [0.1, 0.15) is 5.78 Å². The number of piperidine rings is 1. The first-order valence-electron chi connectivity index (χ1n) is 7.48. The Bertz CT molecular complexity index is 246. The van der Waals surface area contributed by atoms with E-state index in [0.29, 0.717) is 17.7 Å². The molecule has 1 heterocycles. The molecular formula is C15H27NO. The Labute approximate surface area is 106 Å². The van der Waals surface area contributed by atoms with E-state index in [1.807, 2.05) is 0 Å². The maximum Gasteiger partial charge on any atom is 0.146 e. The van der Waals surface area contributed by atoms with Crippen molar-refractivity contribution in [3.63, 3.8) is 0 Å². The molecule has 2 fully saturated rings. The number of nitrogens with zero attached hydrogens (tertiary/aromatic N) is 1. The highest BCUT2D eigenvalue weighted by atomic mass is 16.1. The molecule has 0 bridgehead atoms. The zero-order valence-corrected chi connectivity index (χ0v) is 11.3. The molecule has 1 saturated carbocycles. The first kappa shape index (κ1) is 13.1. The second-order valence-electron chi connectivity index (χ2n) is 6.13. The third-order valence-electron chi connectivity index (χ3n) is 4.76. The molecule has 1 saturated heterocycles. The van der Waals surface area contributed by atoms with Crippen LogP contribution in [0.1, 0.15) is 64.7 Å². The lowest BCUT2D eigenvalue weighted by atomic mass is 9.68. The van der Waals surface area contributed by atoms with E-state index in [0.717, 1.165) is 25.9 Å². The second kappa shape index (κ2) is 5.99. The van der Waals surface area contributed by atoms with Crippen molar-refractivity contribution in [2.75, 3.05) is 19.6 Å². The van der Waals surface area contributed by atoms with Crippen LogP contribution in [0.4, 0.5) is 0 Å². The first-order valence-corrected chi connectivity index (χ1v) is 7.48. The minimum Gasteiger partial charge on any atom is -0.298 e. The lowest BCUT2D eigenvalue weighted by Crippen LogP contribution is -2.43. The fourth-order valence-corrected chi connectivity index (χ4v) is 3.59. The number of hydrogen-bond acceptors (Lipinski definition) is 2. The fraction of sp³-hybridized carbons (Fsp3) is 0.933. The van der Waals surface area contributed by atoms with Crippen molar-refractivity contribution in [3.8, 4) is 0 Å². The minimum absolute atomic E-state index is 0.437. The Balaban J connectivity index is 1.75. The lowest BCUT2D eigenvalue weighted by Gasteiger charge is -2.44. The van der Waals surface area contributed by atoms with Crippen LogP contribution in [0, 0.1) is 5.41 Å². The largest absolute Gasteiger partial charge is 0.298 e. The maximum absolute atomic E-state index is 11.6. The van der Waals surface area contributed by atoms with E-state index in [2.05, 4.69) is 11.8 Å². The van der Waals surface area contributed by atoms with Crippen LogP contribution in [-0.4, -0.2) is 30.3 Å². The number of rotatable bonds is 4. The van der Waals surface area contributed by atoms with Gasteiger partial charge >= 0.3 is 0 Å². The average Bonchev–Trinajstić information content (AvgIpc) is 2.34. The molecule has 1 aliphatic heterocycles. The Morgan fingerprint density at radius 3 is 2.29 bits per heavy atom. The SMILES string of the molecule is CCCC(=O)CN1CCC2(CCCCC2)CC1. The molecule has 2 heteroatoms. The van der Waals surface area contributed by atoms with Crippen LogP contribution in [-0.2, 0) is 4.79 Å². The van der Waals surface area contributed by atoms with Gasteiger partial charge < -0.3 is 0 Å². The van der Waals surface area contributed by atoms with Crippen molar-refractivity contribution in [3.05, 3.63) is 0 Å². The number of Topliss-reactive ketones (excluding diaryl/α,β-unsaturated/α-hetero) is 1. The van der Waals surface area contributed by atoms with Gasteiger partial charge in [-0.2, -0.15) is 0 Å². The minimum atomic E-state index is 0.437. The summed E-state index contributed by atoms with van der Waals surface area (Å²) in [7, 11) is 0. The van der Waals surface area contributed by atoms with Gasteiger partial charge in [-0.25, -0.2) is 0 Å². The molecule has 2 rings (SSSR count). The van der Waals surface area contributed by atoms with Gasteiger partial charge in [-0.3, -0.25) is 9.69 Å². The number of carbonyl (C=O) groups is 1. The molecule has 0 radical (unpaired) electrons. The summed E-state index contributed by atoms with van der Waals surface area (Å²) in [6.45, 7) is 5.12. The zero-order valence-electron chi connectivity index (χ0n) is 11.3. The van der Waals surface area contributed by atoms with Crippen LogP contribution in [0.2, 0.25) is 0 Å². The Morgan fingerprint density at radius 1 is 1.06 bits per heavy atom. The summed E-state index contributed by atoms with van der Waals surface area (Å²) in [5, 5.41) is 0. The summed E-state index contributed by atoms with van der Waals surface area (Å²) in [4.78, 5) is 14.0. The quantitative estimate of drug-likeness (QED) is 0.747. The van der Waals surface area contributed by atoms with Gasteiger partial charge in [0.05, 0.1) is 6.54 Å². The summed E-state index contributed by atoms with van der Waals surface area (Å²) >= 11 is 0. The standard InChI is InChI=1S/C15H27NO/c1-2-6-14(17)13-16-11-9-15(10-12-16)7-4-3-5-8-15/h2-13H2,1H3. The Hall–Kier alpha value is -0.370. The molecule has 17 heavy (non-hydrogen) atoms. The van der Waals surface area contributed by atoms with Crippen molar-refractivity contribution >= 4 is 5.78 Å². The van der Waals surface area contributed by atoms with Crippen LogP contribution < -0.4 is 0 Å². The Morgan fingerprint density at radius 2 is 1.71 bits per heavy atom. The van der Waals surface area contributed by atoms with Gasteiger partial charge in [0.15, 0.2) is 0 Å². The first-order chi connectivity index (χ1) is 8.24. The summed E-state index contributed by atoms with van der Waals surface area (Å²) in [5.74, 6) is 0.437. The molecule has 0 aromatic carbocycles. The summed E-state index contributed by atoms with van der Waals surface area (Å²) in [6.07, 6.45) is 11.7. The average molecular weight is 237 g/mol. The van der Waals surface area contributed by atoms with E-state index < -0.39 is 0 Å². The van der Waals surface area contributed by atoms with Gasteiger partial charge in [-0.05, 0) is 50.6 Å². The van der Waals surface area contributed by atoms with Crippen molar-refractivity contribution in [2.24, 2.45) is 5.41 Å². The van der Waals surface area contributed by atoms with Crippen molar-refractivity contribution in [1.29, 1.82) is 0 Å². The number of carbonyl (C=O) groups excluding carboxylic acids is 1. The van der Waals surface area contributed by atoms with Gasteiger partial charge in [0.2, 0.25) is 0 Å². The van der Waals surface area contributed by atoms with Gasteiger partial charge in [-0.1, -0.05) is 26.2 Å². The third kappa shape index (κ3) is 3.54. The van der Waals surface area contributed by atoms with Crippen LogP contribution >= 0.6 is 0 Å². The van der Waals surface area contributed by atoms with E-state index in [4.69, 9.17) is 0 Å². The van der Waals surface area contributed by atoms with Gasteiger partial charge in [-0.15, -0.1) is 0 Å². The molecule has 1 spiro atoms. The molecule has 2 nitrogen and oxygen atoms in total. The molecule has 0 atom stereocenters. The predicted molar refractivity (Wildman–Crippen MR) is 71.1 cm³/mol. The monoisotopic (exact) mass is 237 g/mol. The predicted octanol–water partition coefficient (Wildman–Crippen LogP) is 3.40. The van der Waals surface area contributed by atoms with Crippen molar-refractivity contribution in [1.82, 2.24) is 4.90 Å². The summed E-state index contributed by atoms with van der Waals surface area (Å²) < 4.78 is 0. The molecule has 98 valence electrons. The smallest absolute Gasteiger partial charge is 0.146 e. The van der Waals surface area contributed by atoms with Gasteiger partial charge in [0.25, 0.3) is 0 Å². The van der Waals surface area contributed by atoms with Gasteiger partial charge in [0, 0.05) is 6.42 Å². The van der Waals surface area contributed by atoms with Crippen LogP contribution in [0.25, 0.3) is 0 Å². The van der Waals surface area contributed by atoms with Crippen LogP contribution in [0.5, 0.6) is 0 Å². The molecule has 0 unspecified atom stereocenters. The van der Waals surface area contributed by atoms with Crippen molar-refractivity contribution in [2.45, 2.75) is 64.7 Å². The fourth-order valence-electron chi connectivity index (χ4n) is 3.59. The number of hydrogen-bond donors (Lipinski definition) is 0. The molecule has 0 aromatic rings. The Kier molecular flexibility index (Phi) is 4.61. The maximum atomic E-state index is 11.6. The zero-order chi connectivity index (χ0) is 12.1. The molecule has 2 aliphatic rings. The van der Waals surface area contributed by atoms with Crippen LogP contribution in [0.15, 0.2) is 0 Å². The second-order valence-corrected chi connectivity index (χ2v) is 6.13. The number of ketones is 1. The highest BCUT2D eigenvalue weighted by Crippen LogP contribution is 2.44. The lowest BCUT2D eigenvalue weighted by molar-refractivity contribution is -0.120. The van der Waals surface area contributed by atoms with E-state index in [1.54, 1.807) is 0 Å². The summed E-state index contributed by atoms with van der Waals surface area (Å²) in [5.41, 5.74) is 0.669. The summed E-state index contributed by atoms with van der Waals surface area (Å²) in [6, 6.07) is 0. The normalized spacial score (nSPS) is 25.0. The third-order valence-corrected chi connectivity index (χ3v) is 4.76. The molecule has 1 aliphatic carbocycles. The van der Waals surface area contributed by atoms with E-state index in [-0.39, 0.29) is 0 Å².